The quantitative estimate of drug-likeness (QED) is 0.402. The number of carbonyl (C=O) groups is 1. The van der Waals surface area contributed by atoms with Crippen molar-refractivity contribution >= 4 is 6.47 Å². The third-order valence-electron chi connectivity index (χ3n) is 1.76. The molecule has 0 aliphatic heterocycles. The highest BCUT2D eigenvalue weighted by molar-refractivity contribution is 5.37. The molecule has 0 saturated carbocycles. The number of hydrogen-bond donors (Lipinski definition) is 0. The van der Waals surface area contributed by atoms with Crippen LogP contribution in [-0.4, -0.2) is 18.0 Å². The van der Waals surface area contributed by atoms with E-state index in [1.807, 2.05) is 0 Å². The zero-order chi connectivity index (χ0) is 10.4. The Morgan fingerprint density at radius 2 is 2.07 bits per heavy atom. The maximum absolute atomic E-state index is 10.6. The summed E-state index contributed by atoms with van der Waals surface area (Å²) in [5.74, 6) is 0. The first-order valence-electron chi connectivity index (χ1n) is 3.99. The Morgan fingerprint density at radius 1 is 1.43 bits per heavy atom. The predicted octanol–water partition coefficient (Wildman–Crippen LogP) is 1.18. The molecule has 0 spiro atoms. The fraction of sp³-hybridized carbons (Fsp3) is 0.222. The molecular weight excluding hydrogens is 186 g/mol. The Labute approximate surface area is 80.5 Å². The summed E-state index contributed by atoms with van der Waals surface area (Å²) in [6, 6.07) is 7.44. The predicted molar refractivity (Wildman–Crippen MR) is 48.2 cm³/mol. The monoisotopic (exact) mass is 195 g/mol. The Bertz CT molecular complexity index is 312. The Morgan fingerprint density at radius 3 is 2.57 bits per heavy atom. The minimum absolute atomic E-state index is 0.208. The third kappa shape index (κ3) is 2.55. The fourth-order valence-electron chi connectivity index (χ4n) is 1.08. The summed E-state index contributed by atoms with van der Waals surface area (Å²) < 4.78 is 4.39. The highest BCUT2D eigenvalue weighted by Gasteiger charge is 2.22. The molecule has 0 N–H and O–H groups in total. The third-order valence-corrected chi connectivity index (χ3v) is 1.76. The maximum Gasteiger partial charge on any atom is 0.293 e. The first-order chi connectivity index (χ1) is 6.75. The number of nitrogens with zero attached hydrogens (tertiary/aromatic N) is 1. The number of carbonyl (C=O) groups excluding carboxylic acids is 1. The first kappa shape index (κ1) is 10.2. The van der Waals surface area contributed by atoms with Gasteiger partial charge < -0.3 is 4.74 Å². The molecule has 0 amide bonds. The maximum atomic E-state index is 10.6. The molecular formula is C9H9NO4. The van der Waals surface area contributed by atoms with Crippen molar-refractivity contribution in [3.05, 3.63) is 46.0 Å². The zero-order valence-corrected chi connectivity index (χ0v) is 7.33. The van der Waals surface area contributed by atoms with Crippen molar-refractivity contribution in [3.63, 3.8) is 0 Å². The van der Waals surface area contributed by atoms with E-state index in [-0.39, 0.29) is 13.1 Å². The second-order valence-electron chi connectivity index (χ2n) is 2.64. The van der Waals surface area contributed by atoms with E-state index in [0.717, 1.165) is 0 Å². The van der Waals surface area contributed by atoms with Gasteiger partial charge in [0.1, 0.15) is 0 Å². The van der Waals surface area contributed by atoms with E-state index < -0.39 is 11.0 Å². The molecule has 1 atom stereocenters. The number of hydrogen-bond acceptors (Lipinski definition) is 4. The lowest BCUT2D eigenvalue weighted by atomic mass is 10.1. The standard InChI is InChI=1S/C9H9NO4/c11-7-14-6-9(10(12)13)8-4-2-1-3-5-8/h1-5,7,9H,6H2. The molecule has 14 heavy (non-hydrogen) atoms. The molecule has 0 radical (unpaired) electrons. The van der Waals surface area contributed by atoms with Gasteiger partial charge in [0.2, 0.25) is 0 Å². The van der Waals surface area contributed by atoms with Gasteiger partial charge in [-0.25, -0.2) is 0 Å². The Kier molecular flexibility index (Phi) is 3.60. The van der Waals surface area contributed by atoms with Crippen molar-refractivity contribution in [2.75, 3.05) is 6.61 Å². The van der Waals surface area contributed by atoms with Gasteiger partial charge in [0, 0.05) is 10.5 Å². The van der Waals surface area contributed by atoms with E-state index in [0.29, 0.717) is 5.56 Å². The van der Waals surface area contributed by atoms with Crippen molar-refractivity contribution < 1.29 is 14.5 Å². The summed E-state index contributed by atoms with van der Waals surface area (Å²) in [5.41, 5.74) is 0.527. The Balaban J connectivity index is 2.78. The minimum Gasteiger partial charge on any atom is -0.460 e. The lowest BCUT2D eigenvalue weighted by molar-refractivity contribution is -0.531. The van der Waals surface area contributed by atoms with Crippen molar-refractivity contribution in [1.29, 1.82) is 0 Å². The minimum atomic E-state index is -0.985. The SMILES string of the molecule is O=COCC(c1ccccc1)[N+](=O)[O-]. The molecule has 0 fully saturated rings. The Hall–Kier alpha value is -1.91. The molecule has 5 nitrogen and oxygen atoms in total. The van der Waals surface area contributed by atoms with Gasteiger partial charge in [-0.05, 0) is 0 Å². The second kappa shape index (κ2) is 4.96. The average Bonchev–Trinajstić information content (AvgIpc) is 2.19. The van der Waals surface area contributed by atoms with Gasteiger partial charge in [-0.15, -0.1) is 0 Å². The summed E-state index contributed by atoms with van der Waals surface area (Å²) in [7, 11) is 0. The largest absolute Gasteiger partial charge is 0.460 e. The topological polar surface area (TPSA) is 69.4 Å². The van der Waals surface area contributed by atoms with E-state index in [4.69, 9.17) is 0 Å². The molecule has 0 bridgehead atoms. The molecule has 0 aliphatic carbocycles. The molecule has 0 saturated heterocycles. The summed E-state index contributed by atoms with van der Waals surface area (Å²) in [6.07, 6.45) is 0. The van der Waals surface area contributed by atoms with E-state index in [1.165, 1.54) is 0 Å². The molecule has 5 heteroatoms. The van der Waals surface area contributed by atoms with Gasteiger partial charge in [-0.1, -0.05) is 30.3 Å². The zero-order valence-electron chi connectivity index (χ0n) is 7.33. The van der Waals surface area contributed by atoms with Crippen molar-refractivity contribution in [3.8, 4) is 0 Å². The van der Waals surface area contributed by atoms with Crippen LogP contribution in [0.2, 0.25) is 0 Å². The van der Waals surface area contributed by atoms with Crippen LogP contribution >= 0.6 is 0 Å². The van der Waals surface area contributed by atoms with Crippen molar-refractivity contribution in [2.24, 2.45) is 0 Å². The van der Waals surface area contributed by atoms with Crippen LogP contribution in [0.1, 0.15) is 11.6 Å². The molecule has 0 aromatic heterocycles. The molecule has 74 valence electrons. The normalized spacial score (nSPS) is 11.7. The van der Waals surface area contributed by atoms with Crippen molar-refractivity contribution in [2.45, 2.75) is 6.04 Å². The van der Waals surface area contributed by atoms with Crippen LogP contribution in [0.15, 0.2) is 30.3 Å². The summed E-state index contributed by atoms with van der Waals surface area (Å²) in [4.78, 5) is 20.1. The average molecular weight is 195 g/mol. The first-order valence-corrected chi connectivity index (χ1v) is 3.99. The molecule has 1 aromatic rings. The number of benzene rings is 1. The van der Waals surface area contributed by atoms with Crippen LogP contribution in [0.25, 0.3) is 0 Å². The summed E-state index contributed by atoms with van der Waals surface area (Å²) >= 11 is 0. The van der Waals surface area contributed by atoms with E-state index in [9.17, 15) is 14.9 Å². The van der Waals surface area contributed by atoms with Crippen LogP contribution in [0.3, 0.4) is 0 Å². The van der Waals surface area contributed by atoms with Crippen LogP contribution < -0.4 is 0 Å². The van der Waals surface area contributed by atoms with Crippen LogP contribution in [0.4, 0.5) is 0 Å². The number of nitro groups is 1. The van der Waals surface area contributed by atoms with Gasteiger partial charge in [0.25, 0.3) is 12.5 Å². The fourth-order valence-corrected chi connectivity index (χ4v) is 1.08. The van der Waals surface area contributed by atoms with E-state index in [2.05, 4.69) is 4.74 Å². The van der Waals surface area contributed by atoms with Crippen LogP contribution in [0.5, 0.6) is 0 Å². The van der Waals surface area contributed by atoms with Gasteiger partial charge in [-0.3, -0.25) is 14.9 Å². The smallest absolute Gasteiger partial charge is 0.293 e. The van der Waals surface area contributed by atoms with Crippen LogP contribution in [0, 0.1) is 10.1 Å². The van der Waals surface area contributed by atoms with E-state index >= 15 is 0 Å². The molecule has 0 heterocycles. The summed E-state index contributed by atoms with van der Waals surface area (Å²) in [5, 5.41) is 10.6. The van der Waals surface area contributed by atoms with Gasteiger partial charge in [-0.2, -0.15) is 0 Å². The molecule has 0 aliphatic rings. The van der Waals surface area contributed by atoms with Crippen LogP contribution in [-0.2, 0) is 9.53 Å². The van der Waals surface area contributed by atoms with Crippen molar-refractivity contribution in [1.82, 2.24) is 0 Å². The lowest BCUT2D eigenvalue weighted by Gasteiger charge is -2.07. The molecule has 1 unspecified atom stereocenters. The highest BCUT2D eigenvalue weighted by Crippen LogP contribution is 2.15. The molecule has 1 rings (SSSR count). The van der Waals surface area contributed by atoms with E-state index in [1.54, 1.807) is 30.3 Å². The molecule has 1 aromatic carbocycles. The van der Waals surface area contributed by atoms with Gasteiger partial charge in [0.15, 0.2) is 6.61 Å². The van der Waals surface area contributed by atoms with Gasteiger partial charge >= 0.3 is 0 Å². The van der Waals surface area contributed by atoms with Gasteiger partial charge in [0.05, 0.1) is 0 Å². The lowest BCUT2D eigenvalue weighted by Crippen LogP contribution is -2.16. The number of ether oxygens (including phenoxy) is 1. The highest BCUT2D eigenvalue weighted by atomic mass is 16.6. The second-order valence-corrected chi connectivity index (χ2v) is 2.64. The number of rotatable bonds is 5. The summed E-state index contributed by atoms with van der Waals surface area (Å²) in [6.45, 7) is -0.0278.